The first-order valence-electron chi connectivity index (χ1n) is 5.28. The minimum atomic E-state index is -0.0980. The number of β-amino-alcohol motifs (C(OH)–C–C–N with tert-alkyl or cyclic N) is 1. The molecule has 0 aromatic carbocycles. The lowest BCUT2D eigenvalue weighted by Crippen LogP contribution is -2.61. The van der Waals surface area contributed by atoms with Gasteiger partial charge in [0.15, 0.2) is 0 Å². The molecule has 78 valence electrons. The largest absolute Gasteiger partial charge is 0.390 e. The summed E-state index contributed by atoms with van der Waals surface area (Å²) in [5.74, 6) is 0. The van der Waals surface area contributed by atoms with E-state index in [1.165, 1.54) is 12.8 Å². The van der Waals surface area contributed by atoms with E-state index in [1.807, 2.05) is 7.05 Å². The van der Waals surface area contributed by atoms with Gasteiger partial charge in [0.25, 0.3) is 0 Å². The van der Waals surface area contributed by atoms with Gasteiger partial charge in [-0.05, 0) is 20.4 Å². The molecule has 0 saturated carbocycles. The van der Waals surface area contributed by atoms with Crippen LogP contribution in [0.4, 0.5) is 0 Å². The van der Waals surface area contributed by atoms with E-state index >= 15 is 0 Å². The Morgan fingerprint density at radius 1 is 1.62 bits per heavy atom. The Labute approximate surface area is 81.1 Å². The third kappa shape index (κ3) is 2.66. The molecule has 0 amide bonds. The normalized spacial score (nSPS) is 31.4. The van der Waals surface area contributed by atoms with Gasteiger partial charge in [-0.15, -0.1) is 0 Å². The fourth-order valence-electron chi connectivity index (χ4n) is 1.86. The van der Waals surface area contributed by atoms with Crippen molar-refractivity contribution in [2.24, 2.45) is 0 Å². The third-order valence-electron chi connectivity index (χ3n) is 3.05. The Morgan fingerprint density at radius 2 is 2.31 bits per heavy atom. The number of aliphatic hydroxyl groups is 1. The molecule has 0 aromatic heterocycles. The SMILES string of the molecule is CCCC(CN1C[C@@H](O)[C@H]1C)NC. The lowest BCUT2D eigenvalue weighted by Gasteiger charge is -2.45. The summed E-state index contributed by atoms with van der Waals surface area (Å²) in [4.78, 5) is 2.33. The van der Waals surface area contributed by atoms with Crippen molar-refractivity contribution in [2.45, 2.75) is 44.9 Å². The number of hydrogen-bond acceptors (Lipinski definition) is 3. The minimum absolute atomic E-state index is 0.0980. The van der Waals surface area contributed by atoms with E-state index < -0.39 is 0 Å². The molecule has 1 saturated heterocycles. The standard InChI is InChI=1S/C10H22N2O/c1-4-5-9(11-3)6-12-7-10(13)8(12)2/h8-11,13H,4-7H2,1-3H3/t8-,9?,10-/m1/s1. The molecule has 2 N–H and O–H groups in total. The van der Waals surface area contributed by atoms with Crippen LogP contribution >= 0.6 is 0 Å². The predicted octanol–water partition coefficient (Wildman–Crippen LogP) is 0.439. The quantitative estimate of drug-likeness (QED) is 0.654. The number of nitrogens with zero attached hydrogens (tertiary/aromatic N) is 1. The fourth-order valence-corrected chi connectivity index (χ4v) is 1.86. The predicted molar refractivity (Wildman–Crippen MR) is 54.8 cm³/mol. The van der Waals surface area contributed by atoms with E-state index in [0.717, 1.165) is 13.1 Å². The van der Waals surface area contributed by atoms with Crippen LogP contribution in [0.3, 0.4) is 0 Å². The highest BCUT2D eigenvalue weighted by Gasteiger charge is 2.34. The van der Waals surface area contributed by atoms with Crippen LogP contribution in [0, 0.1) is 0 Å². The van der Waals surface area contributed by atoms with Crippen LogP contribution in [0.2, 0.25) is 0 Å². The summed E-state index contributed by atoms with van der Waals surface area (Å²) in [5.41, 5.74) is 0. The van der Waals surface area contributed by atoms with Crippen molar-refractivity contribution in [3.8, 4) is 0 Å². The number of hydrogen-bond donors (Lipinski definition) is 2. The maximum absolute atomic E-state index is 9.34. The van der Waals surface area contributed by atoms with Crippen molar-refractivity contribution in [2.75, 3.05) is 20.1 Å². The molecular formula is C10H22N2O. The fraction of sp³-hybridized carbons (Fsp3) is 1.00. The Bertz CT molecular complexity index is 150. The molecule has 1 rings (SSSR count). The molecule has 13 heavy (non-hydrogen) atoms. The lowest BCUT2D eigenvalue weighted by atomic mass is 9.99. The van der Waals surface area contributed by atoms with Crippen molar-refractivity contribution < 1.29 is 5.11 Å². The molecule has 0 bridgehead atoms. The van der Waals surface area contributed by atoms with Crippen LogP contribution in [0.25, 0.3) is 0 Å². The molecule has 3 nitrogen and oxygen atoms in total. The molecule has 0 spiro atoms. The van der Waals surface area contributed by atoms with E-state index in [9.17, 15) is 5.11 Å². The van der Waals surface area contributed by atoms with Crippen LogP contribution in [-0.2, 0) is 0 Å². The van der Waals surface area contributed by atoms with Crippen molar-refractivity contribution >= 4 is 0 Å². The summed E-state index contributed by atoms with van der Waals surface area (Å²) in [6.07, 6.45) is 2.34. The minimum Gasteiger partial charge on any atom is -0.390 e. The van der Waals surface area contributed by atoms with Crippen LogP contribution in [-0.4, -0.2) is 48.3 Å². The maximum atomic E-state index is 9.34. The van der Waals surface area contributed by atoms with E-state index in [1.54, 1.807) is 0 Å². The van der Waals surface area contributed by atoms with E-state index in [0.29, 0.717) is 12.1 Å². The van der Waals surface area contributed by atoms with Gasteiger partial charge in [0.05, 0.1) is 6.10 Å². The molecule has 1 unspecified atom stereocenters. The smallest absolute Gasteiger partial charge is 0.0819 e. The molecule has 1 fully saturated rings. The van der Waals surface area contributed by atoms with Crippen molar-refractivity contribution in [3.05, 3.63) is 0 Å². The van der Waals surface area contributed by atoms with Crippen LogP contribution in [0.15, 0.2) is 0 Å². The van der Waals surface area contributed by atoms with Crippen molar-refractivity contribution in [1.29, 1.82) is 0 Å². The highest BCUT2D eigenvalue weighted by molar-refractivity contribution is 4.90. The van der Waals surface area contributed by atoms with Gasteiger partial charge in [0.2, 0.25) is 0 Å². The molecule has 3 atom stereocenters. The second kappa shape index (κ2) is 4.94. The number of likely N-dealkylation sites (N-methyl/N-ethyl adjacent to an activating group) is 1. The zero-order valence-corrected chi connectivity index (χ0v) is 8.95. The Balaban J connectivity index is 2.23. The molecule has 1 aliphatic rings. The first-order chi connectivity index (χ1) is 6.19. The molecule has 0 aromatic rings. The summed E-state index contributed by atoms with van der Waals surface area (Å²) < 4.78 is 0. The summed E-state index contributed by atoms with van der Waals surface area (Å²) in [6.45, 7) is 6.22. The third-order valence-corrected chi connectivity index (χ3v) is 3.05. The average Bonchev–Trinajstić information content (AvgIpc) is 2.15. The van der Waals surface area contributed by atoms with Gasteiger partial charge in [-0.3, -0.25) is 4.90 Å². The zero-order valence-electron chi connectivity index (χ0n) is 8.95. The molecular weight excluding hydrogens is 164 g/mol. The van der Waals surface area contributed by atoms with Crippen molar-refractivity contribution in [3.63, 3.8) is 0 Å². The summed E-state index contributed by atoms with van der Waals surface area (Å²) in [6, 6.07) is 0.938. The highest BCUT2D eigenvalue weighted by Crippen LogP contribution is 2.18. The number of likely N-dealkylation sites (tertiary alicyclic amines) is 1. The molecule has 1 heterocycles. The van der Waals surface area contributed by atoms with Gasteiger partial charge in [-0.25, -0.2) is 0 Å². The second-order valence-electron chi connectivity index (χ2n) is 4.04. The van der Waals surface area contributed by atoms with Gasteiger partial charge in [-0.1, -0.05) is 13.3 Å². The first-order valence-corrected chi connectivity index (χ1v) is 5.28. The van der Waals surface area contributed by atoms with Gasteiger partial charge in [0.1, 0.15) is 0 Å². The number of nitrogens with one attached hydrogen (secondary N) is 1. The number of rotatable bonds is 5. The summed E-state index contributed by atoms with van der Waals surface area (Å²) in [7, 11) is 2.02. The summed E-state index contributed by atoms with van der Waals surface area (Å²) >= 11 is 0. The molecule has 1 aliphatic heterocycles. The second-order valence-corrected chi connectivity index (χ2v) is 4.04. The maximum Gasteiger partial charge on any atom is 0.0819 e. The highest BCUT2D eigenvalue weighted by atomic mass is 16.3. The van der Waals surface area contributed by atoms with Gasteiger partial charge < -0.3 is 10.4 Å². The van der Waals surface area contributed by atoms with Crippen LogP contribution < -0.4 is 5.32 Å². The Kier molecular flexibility index (Phi) is 4.16. The van der Waals surface area contributed by atoms with E-state index in [2.05, 4.69) is 24.1 Å². The summed E-state index contributed by atoms with van der Waals surface area (Å²) in [5, 5.41) is 12.7. The van der Waals surface area contributed by atoms with Crippen LogP contribution in [0.5, 0.6) is 0 Å². The molecule has 0 radical (unpaired) electrons. The van der Waals surface area contributed by atoms with Gasteiger partial charge >= 0.3 is 0 Å². The van der Waals surface area contributed by atoms with Crippen molar-refractivity contribution in [1.82, 2.24) is 10.2 Å². The Morgan fingerprint density at radius 3 is 2.69 bits per heavy atom. The van der Waals surface area contributed by atoms with E-state index in [4.69, 9.17) is 0 Å². The van der Waals surface area contributed by atoms with E-state index in [-0.39, 0.29) is 6.10 Å². The molecule has 0 aliphatic carbocycles. The van der Waals surface area contributed by atoms with Gasteiger partial charge in [-0.2, -0.15) is 0 Å². The number of aliphatic hydroxyl groups excluding tert-OH is 1. The lowest BCUT2D eigenvalue weighted by molar-refractivity contribution is -0.0561. The van der Waals surface area contributed by atoms with Gasteiger partial charge in [0, 0.05) is 25.2 Å². The zero-order chi connectivity index (χ0) is 9.84. The monoisotopic (exact) mass is 186 g/mol. The average molecular weight is 186 g/mol. The molecule has 3 heteroatoms. The first kappa shape index (κ1) is 11.0. The Hall–Kier alpha value is -0.120. The topological polar surface area (TPSA) is 35.5 Å². The van der Waals surface area contributed by atoms with Crippen LogP contribution in [0.1, 0.15) is 26.7 Å².